The third kappa shape index (κ3) is 12.4. The Morgan fingerprint density at radius 2 is 1.50 bits per heavy atom. The number of rotatable bonds is 15. The van der Waals surface area contributed by atoms with Gasteiger partial charge in [-0.3, -0.25) is 4.79 Å². The van der Waals surface area contributed by atoms with E-state index in [0.717, 1.165) is 25.7 Å². The summed E-state index contributed by atoms with van der Waals surface area (Å²) in [6.07, 6.45) is 13.8. The van der Waals surface area contributed by atoms with Gasteiger partial charge >= 0.3 is 0 Å². The van der Waals surface area contributed by atoms with Crippen molar-refractivity contribution in [1.29, 1.82) is 0 Å². The zero-order valence-electron chi connectivity index (χ0n) is 14.1. The van der Waals surface area contributed by atoms with Crippen LogP contribution >= 0.6 is 0 Å². The number of allylic oxidation sites excluding steroid dienone is 3. The standard InChI is InChI=1S/C19H32O3/c1-4-19(16-17(2)18(3)21)22-15-13-11-9-7-5-6-8-10-12-14-20/h4,16,20H,1-2,5-15H2,3H3/b19-16+. The Labute approximate surface area is 135 Å². The van der Waals surface area contributed by atoms with Gasteiger partial charge in [-0.15, -0.1) is 0 Å². The minimum atomic E-state index is -0.0538. The van der Waals surface area contributed by atoms with E-state index < -0.39 is 0 Å². The van der Waals surface area contributed by atoms with Crippen LogP contribution in [0.2, 0.25) is 0 Å². The number of carbonyl (C=O) groups is 1. The molecule has 0 amide bonds. The van der Waals surface area contributed by atoms with Crippen molar-refractivity contribution in [2.24, 2.45) is 0 Å². The van der Waals surface area contributed by atoms with Gasteiger partial charge < -0.3 is 9.84 Å². The molecule has 0 aromatic heterocycles. The molecule has 0 bridgehead atoms. The van der Waals surface area contributed by atoms with Crippen LogP contribution in [0.4, 0.5) is 0 Å². The van der Waals surface area contributed by atoms with Crippen LogP contribution in [0, 0.1) is 0 Å². The molecule has 0 saturated carbocycles. The van der Waals surface area contributed by atoms with Crippen molar-refractivity contribution in [3.63, 3.8) is 0 Å². The molecule has 3 heteroatoms. The number of aliphatic hydroxyl groups is 1. The Kier molecular flexibility index (Phi) is 13.7. The highest BCUT2D eigenvalue weighted by Gasteiger charge is 2.00. The Morgan fingerprint density at radius 1 is 1.00 bits per heavy atom. The average molecular weight is 308 g/mol. The molecule has 0 atom stereocenters. The van der Waals surface area contributed by atoms with E-state index in [0.29, 0.717) is 24.5 Å². The molecule has 0 aliphatic rings. The van der Waals surface area contributed by atoms with E-state index in [1.807, 2.05) is 0 Å². The second-order valence-corrected chi connectivity index (χ2v) is 5.59. The number of Topliss-reactive ketones (excluding diaryl/α,β-unsaturated/α-hetero) is 1. The molecule has 0 heterocycles. The lowest BCUT2D eigenvalue weighted by molar-refractivity contribution is -0.113. The Balaban J connectivity index is 3.53. The van der Waals surface area contributed by atoms with Gasteiger partial charge in [0.25, 0.3) is 0 Å². The van der Waals surface area contributed by atoms with Crippen molar-refractivity contribution < 1.29 is 14.6 Å². The molecule has 126 valence electrons. The first kappa shape index (κ1) is 20.6. The molecule has 0 spiro atoms. The van der Waals surface area contributed by atoms with Crippen molar-refractivity contribution in [3.05, 3.63) is 36.6 Å². The summed E-state index contributed by atoms with van der Waals surface area (Å²) in [6.45, 7) is 9.82. The summed E-state index contributed by atoms with van der Waals surface area (Å²) in [6, 6.07) is 0. The Morgan fingerprint density at radius 3 is 1.95 bits per heavy atom. The summed E-state index contributed by atoms with van der Waals surface area (Å²) in [5, 5.41) is 8.68. The molecule has 0 fully saturated rings. The fraction of sp³-hybridized carbons (Fsp3) is 0.632. The van der Waals surface area contributed by atoms with Crippen LogP contribution in [-0.4, -0.2) is 24.1 Å². The van der Waals surface area contributed by atoms with Crippen LogP contribution in [-0.2, 0) is 9.53 Å². The largest absolute Gasteiger partial charge is 0.494 e. The van der Waals surface area contributed by atoms with E-state index in [4.69, 9.17) is 9.84 Å². The molecule has 0 aromatic rings. The van der Waals surface area contributed by atoms with E-state index in [2.05, 4.69) is 13.2 Å². The number of hydrogen-bond acceptors (Lipinski definition) is 3. The smallest absolute Gasteiger partial charge is 0.159 e. The molecule has 0 unspecified atom stereocenters. The summed E-state index contributed by atoms with van der Waals surface area (Å²) in [7, 11) is 0. The van der Waals surface area contributed by atoms with Gasteiger partial charge in [0.1, 0.15) is 5.76 Å². The number of unbranched alkanes of at least 4 members (excludes halogenated alkanes) is 8. The number of carbonyl (C=O) groups excluding carboxylic acids is 1. The molecule has 0 saturated heterocycles. The van der Waals surface area contributed by atoms with Gasteiger partial charge in [0.2, 0.25) is 0 Å². The van der Waals surface area contributed by atoms with Crippen LogP contribution in [0.1, 0.15) is 64.7 Å². The molecule has 1 N–H and O–H groups in total. The summed E-state index contributed by atoms with van der Waals surface area (Å²) >= 11 is 0. The molecule has 0 aliphatic heterocycles. The van der Waals surface area contributed by atoms with Gasteiger partial charge in [0.15, 0.2) is 5.78 Å². The molecule has 3 nitrogen and oxygen atoms in total. The molecular weight excluding hydrogens is 276 g/mol. The molecule has 22 heavy (non-hydrogen) atoms. The summed E-state index contributed by atoms with van der Waals surface area (Å²) in [4.78, 5) is 11.1. The van der Waals surface area contributed by atoms with Gasteiger partial charge in [-0.2, -0.15) is 0 Å². The summed E-state index contributed by atoms with van der Waals surface area (Å²) in [5.74, 6) is 0.561. The molecule has 0 aliphatic carbocycles. The monoisotopic (exact) mass is 308 g/mol. The van der Waals surface area contributed by atoms with E-state index in [1.165, 1.54) is 39.0 Å². The maximum Gasteiger partial charge on any atom is 0.159 e. The Hall–Kier alpha value is -1.35. The van der Waals surface area contributed by atoms with E-state index >= 15 is 0 Å². The highest BCUT2D eigenvalue weighted by molar-refractivity contribution is 5.95. The van der Waals surface area contributed by atoms with Crippen LogP contribution < -0.4 is 0 Å². The van der Waals surface area contributed by atoms with Crippen LogP contribution in [0.15, 0.2) is 36.6 Å². The minimum absolute atomic E-state index is 0.0538. The lowest BCUT2D eigenvalue weighted by Gasteiger charge is -2.07. The zero-order valence-corrected chi connectivity index (χ0v) is 14.1. The SMILES string of the molecule is C=C/C(=C\C(=C)C(C)=O)OCCCCCCCCCCCO. The minimum Gasteiger partial charge on any atom is -0.494 e. The first-order chi connectivity index (χ1) is 10.6. The molecule has 0 aromatic carbocycles. The van der Waals surface area contributed by atoms with Gasteiger partial charge in [0.05, 0.1) is 6.61 Å². The molecule has 0 radical (unpaired) electrons. The lowest BCUT2D eigenvalue weighted by Crippen LogP contribution is -1.97. The predicted octanol–water partition coefficient (Wildman–Crippen LogP) is 4.72. The second kappa shape index (κ2) is 14.6. The lowest BCUT2D eigenvalue weighted by atomic mass is 10.1. The topological polar surface area (TPSA) is 46.5 Å². The first-order valence-corrected chi connectivity index (χ1v) is 8.39. The second-order valence-electron chi connectivity index (χ2n) is 5.59. The summed E-state index contributed by atoms with van der Waals surface area (Å²) in [5.41, 5.74) is 0.441. The number of ketones is 1. The van der Waals surface area contributed by atoms with E-state index in [9.17, 15) is 4.79 Å². The van der Waals surface area contributed by atoms with Crippen molar-refractivity contribution in [2.45, 2.75) is 64.7 Å². The Bertz CT molecular complexity index is 356. The van der Waals surface area contributed by atoms with Gasteiger partial charge in [-0.05, 0) is 31.9 Å². The normalized spacial score (nSPS) is 11.3. The number of ether oxygens (including phenoxy) is 1. The maximum absolute atomic E-state index is 11.1. The zero-order chi connectivity index (χ0) is 16.6. The van der Waals surface area contributed by atoms with Crippen molar-refractivity contribution in [1.82, 2.24) is 0 Å². The van der Waals surface area contributed by atoms with Gasteiger partial charge in [-0.25, -0.2) is 0 Å². The summed E-state index contributed by atoms with van der Waals surface area (Å²) < 4.78 is 5.59. The third-order valence-corrected chi connectivity index (χ3v) is 3.54. The number of aliphatic hydroxyl groups excluding tert-OH is 1. The van der Waals surface area contributed by atoms with Crippen LogP contribution in [0.3, 0.4) is 0 Å². The van der Waals surface area contributed by atoms with Crippen molar-refractivity contribution >= 4 is 5.78 Å². The third-order valence-electron chi connectivity index (χ3n) is 3.54. The fourth-order valence-corrected chi connectivity index (χ4v) is 2.07. The molecule has 0 rings (SSSR count). The van der Waals surface area contributed by atoms with E-state index in [-0.39, 0.29) is 5.78 Å². The van der Waals surface area contributed by atoms with Gasteiger partial charge in [-0.1, -0.05) is 58.1 Å². The van der Waals surface area contributed by atoms with Crippen molar-refractivity contribution in [3.8, 4) is 0 Å². The quantitative estimate of drug-likeness (QED) is 0.206. The highest BCUT2D eigenvalue weighted by Crippen LogP contribution is 2.11. The number of hydrogen-bond donors (Lipinski definition) is 1. The highest BCUT2D eigenvalue weighted by atomic mass is 16.5. The maximum atomic E-state index is 11.1. The van der Waals surface area contributed by atoms with Crippen molar-refractivity contribution in [2.75, 3.05) is 13.2 Å². The van der Waals surface area contributed by atoms with Crippen LogP contribution in [0.25, 0.3) is 0 Å². The fourth-order valence-electron chi connectivity index (χ4n) is 2.07. The van der Waals surface area contributed by atoms with Gasteiger partial charge in [0, 0.05) is 12.2 Å². The van der Waals surface area contributed by atoms with E-state index in [1.54, 1.807) is 12.2 Å². The van der Waals surface area contributed by atoms with Crippen LogP contribution in [0.5, 0.6) is 0 Å². The average Bonchev–Trinajstić information content (AvgIpc) is 2.51. The molecular formula is C19H32O3. The predicted molar refractivity (Wildman–Crippen MR) is 92.7 cm³/mol. The first-order valence-electron chi connectivity index (χ1n) is 8.39.